The van der Waals surface area contributed by atoms with Crippen LogP contribution >= 0.6 is 0 Å². The van der Waals surface area contributed by atoms with Gasteiger partial charge in [0.1, 0.15) is 5.75 Å². The summed E-state index contributed by atoms with van der Waals surface area (Å²) in [6.07, 6.45) is 1.36. The first kappa shape index (κ1) is 20.7. The average molecular weight is 447 g/mol. The molecule has 8 nitrogen and oxygen atoms in total. The summed E-state index contributed by atoms with van der Waals surface area (Å²) in [5.41, 5.74) is 1.01. The highest BCUT2D eigenvalue weighted by molar-refractivity contribution is 6.20. The van der Waals surface area contributed by atoms with Gasteiger partial charge >= 0.3 is 0 Å². The maximum atomic E-state index is 13.3. The van der Waals surface area contributed by atoms with Gasteiger partial charge in [-0.05, 0) is 55.8 Å². The number of anilines is 1. The van der Waals surface area contributed by atoms with Gasteiger partial charge in [-0.3, -0.25) is 14.5 Å². The van der Waals surface area contributed by atoms with E-state index in [0.717, 1.165) is 0 Å². The van der Waals surface area contributed by atoms with Crippen molar-refractivity contribution in [2.45, 2.75) is 26.0 Å². The highest BCUT2D eigenvalue weighted by Gasteiger charge is 2.45. The number of hydrogen-bond donors (Lipinski definition) is 1. The number of benzene rings is 2. The lowest BCUT2D eigenvalue weighted by Gasteiger charge is -2.27. The summed E-state index contributed by atoms with van der Waals surface area (Å²) in [4.78, 5) is 27.9. The van der Waals surface area contributed by atoms with Crippen LogP contribution in [0.3, 0.4) is 0 Å². The predicted molar refractivity (Wildman–Crippen MR) is 118 cm³/mol. The Balaban J connectivity index is 1.61. The summed E-state index contributed by atoms with van der Waals surface area (Å²) in [6, 6.07) is 14.3. The van der Waals surface area contributed by atoms with Crippen LogP contribution in [0.5, 0.6) is 17.2 Å². The van der Waals surface area contributed by atoms with Crippen molar-refractivity contribution in [3.63, 3.8) is 0 Å². The van der Waals surface area contributed by atoms with Crippen LogP contribution in [-0.2, 0) is 4.79 Å². The third kappa shape index (κ3) is 3.59. The monoisotopic (exact) mass is 447 g/mol. The molecule has 0 radical (unpaired) electrons. The van der Waals surface area contributed by atoms with Crippen molar-refractivity contribution in [1.29, 1.82) is 0 Å². The molecule has 2 aliphatic rings. The second kappa shape index (κ2) is 8.05. The molecule has 1 unspecified atom stereocenters. The van der Waals surface area contributed by atoms with Crippen molar-refractivity contribution in [2.75, 3.05) is 11.7 Å². The first-order chi connectivity index (χ1) is 15.9. The van der Waals surface area contributed by atoms with Crippen LogP contribution in [0.15, 0.2) is 76.6 Å². The molecule has 0 saturated carbocycles. The predicted octanol–water partition coefficient (Wildman–Crippen LogP) is 4.58. The van der Waals surface area contributed by atoms with E-state index in [1.54, 1.807) is 48.5 Å². The average Bonchev–Trinajstić information content (AvgIpc) is 3.54. The molecule has 2 aromatic carbocycles. The van der Waals surface area contributed by atoms with E-state index in [1.807, 2.05) is 13.8 Å². The maximum Gasteiger partial charge on any atom is 0.294 e. The zero-order chi connectivity index (χ0) is 23.1. The van der Waals surface area contributed by atoms with Crippen LogP contribution in [0.25, 0.3) is 0 Å². The van der Waals surface area contributed by atoms with E-state index in [2.05, 4.69) is 0 Å². The molecule has 0 saturated heterocycles. The Morgan fingerprint density at radius 1 is 1.09 bits per heavy atom. The molecule has 1 aromatic heterocycles. The van der Waals surface area contributed by atoms with Crippen molar-refractivity contribution in [1.82, 2.24) is 0 Å². The number of aliphatic hydroxyl groups excluding tert-OH is 1. The van der Waals surface area contributed by atoms with E-state index in [9.17, 15) is 14.7 Å². The molecule has 0 fully saturated rings. The number of fused-ring (bicyclic) bond motifs is 1. The number of aliphatic hydroxyl groups is 1. The highest BCUT2D eigenvalue weighted by Crippen LogP contribution is 2.45. The smallest absolute Gasteiger partial charge is 0.294 e. The molecule has 0 bridgehead atoms. The van der Waals surface area contributed by atoms with Crippen LogP contribution < -0.4 is 19.1 Å². The zero-order valence-electron chi connectivity index (χ0n) is 18.0. The molecule has 0 spiro atoms. The van der Waals surface area contributed by atoms with E-state index in [4.69, 9.17) is 18.6 Å². The third-order valence-corrected chi connectivity index (χ3v) is 5.40. The number of amides is 1. The Morgan fingerprint density at radius 2 is 1.85 bits per heavy atom. The summed E-state index contributed by atoms with van der Waals surface area (Å²) < 4.78 is 21.8. The molecule has 0 aliphatic carbocycles. The molecule has 8 heteroatoms. The first-order valence-corrected chi connectivity index (χ1v) is 10.4. The van der Waals surface area contributed by atoms with Crippen LogP contribution in [0.2, 0.25) is 0 Å². The quantitative estimate of drug-likeness (QED) is 0.552. The van der Waals surface area contributed by atoms with Gasteiger partial charge in [0.25, 0.3) is 5.91 Å². The number of carbonyl (C=O) groups excluding carboxylic acids is 2. The van der Waals surface area contributed by atoms with E-state index in [0.29, 0.717) is 28.5 Å². The Morgan fingerprint density at radius 3 is 2.55 bits per heavy atom. The molecule has 5 rings (SSSR count). The highest BCUT2D eigenvalue weighted by atomic mass is 16.7. The molecule has 2 aliphatic heterocycles. The fraction of sp³-hybridized carbons (Fsp3) is 0.200. The molecule has 168 valence electrons. The Hall–Kier alpha value is -4.20. The molecule has 1 amide bonds. The van der Waals surface area contributed by atoms with Crippen molar-refractivity contribution in [3.8, 4) is 17.2 Å². The minimum absolute atomic E-state index is 0.00549. The fourth-order valence-electron chi connectivity index (χ4n) is 4.00. The van der Waals surface area contributed by atoms with Crippen molar-refractivity contribution < 1.29 is 33.3 Å². The van der Waals surface area contributed by atoms with Gasteiger partial charge in [-0.25, -0.2) is 0 Å². The molecule has 33 heavy (non-hydrogen) atoms. The van der Waals surface area contributed by atoms with E-state index in [1.165, 1.54) is 17.2 Å². The number of rotatable bonds is 6. The Labute approximate surface area is 189 Å². The zero-order valence-corrected chi connectivity index (χ0v) is 18.0. The van der Waals surface area contributed by atoms with Gasteiger partial charge in [0.05, 0.1) is 24.0 Å². The number of nitrogens with zero attached hydrogens (tertiary/aromatic N) is 1. The SMILES string of the molecule is CC(C)Oc1ccc(C2C(C(=O)c3ccco3)=C(O)C(=O)N2c2ccc3c(c2)OCO3)cc1. The van der Waals surface area contributed by atoms with Crippen molar-refractivity contribution >= 4 is 17.4 Å². The lowest BCUT2D eigenvalue weighted by Crippen LogP contribution is -2.31. The van der Waals surface area contributed by atoms with Gasteiger partial charge < -0.3 is 23.7 Å². The van der Waals surface area contributed by atoms with E-state index in [-0.39, 0.29) is 24.2 Å². The van der Waals surface area contributed by atoms with Crippen LogP contribution in [0.4, 0.5) is 5.69 Å². The molecule has 1 N–H and O–H groups in total. The van der Waals surface area contributed by atoms with Crippen molar-refractivity contribution in [2.24, 2.45) is 0 Å². The van der Waals surface area contributed by atoms with Gasteiger partial charge in [-0.2, -0.15) is 0 Å². The summed E-state index contributed by atoms with van der Waals surface area (Å²) in [6.45, 7) is 3.93. The summed E-state index contributed by atoms with van der Waals surface area (Å²) in [5.74, 6) is -0.174. The lowest BCUT2D eigenvalue weighted by atomic mass is 9.94. The van der Waals surface area contributed by atoms with Crippen LogP contribution in [0, 0.1) is 0 Å². The number of ether oxygens (including phenoxy) is 3. The number of hydrogen-bond acceptors (Lipinski definition) is 7. The molecule has 3 heterocycles. The second-order valence-corrected chi connectivity index (χ2v) is 7.92. The lowest BCUT2D eigenvalue weighted by molar-refractivity contribution is -0.117. The Kier molecular flexibility index (Phi) is 5.05. The van der Waals surface area contributed by atoms with E-state index >= 15 is 0 Å². The van der Waals surface area contributed by atoms with Gasteiger partial charge in [-0.1, -0.05) is 12.1 Å². The molecular weight excluding hydrogens is 426 g/mol. The molecule has 1 atom stereocenters. The largest absolute Gasteiger partial charge is 0.503 e. The Bertz CT molecular complexity index is 1240. The minimum atomic E-state index is -0.886. The van der Waals surface area contributed by atoms with Crippen LogP contribution in [-0.4, -0.2) is 29.7 Å². The summed E-state index contributed by atoms with van der Waals surface area (Å²) in [5, 5.41) is 10.8. The summed E-state index contributed by atoms with van der Waals surface area (Å²) >= 11 is 0. The topological polar surface area (TPSA) is 98.4 Å². The van der Waals surface area contributed by atoms with Gasteiger partial charge in [-0.15, -0.1) is 0 Å². The first-order valence-electron chi connectivity index (χ1n) is 10.4. The second-order valence-electron chi connectivity index (χ2n) is 7.92. The number of Topliss-reactive ketones (excluding diaryl/α,β-unsaturated/α-hetero) is 1. The number of ketones is 1. The number of furan rings is 1. The van der Waals surface area contributed by atoms with Gasteiger partial charge in [0.15, 0.2) is 23.0 Å². The van der Waals surface area contributed by atoms with Gasteiger partial charge in [0.2, 0.25) is 12.6 Å². The summed E-state index contributed by atoms with van der Waals surface area (Å²) in [7, 11) is 0. The van der Waals surface area contributed by atoms with Crippen LogP contribution in [0.1, 0.15) is 36.0 Å². The fourth-order valence-corrected chi connectivity index (χ4v) is 4.00. The van der Waals surface area contributed by atoms with E-state index < -0.39 is 23.5 Å². The number of carbonyl (C=O) groups is 2. The van der Waals surface area contributed by atoms with Crippen molar-refractivity contribution in [3.05, 3.63) is 83.5 Å². The molecule has 3 aromatic rings. The van der Waals surface area contributed by atoms with Gasteiger partial charge in [0, 0.05) is 11.8 Å². The normalized spacial score (nSPS) is 17.2. The molecular formula is C25H21NO7. The minimum Gasteiger partial charge on any atom is -0.503 e. The third-order valence-electron chi connectivity index (χ3n) is 5.40. The maximum absolute atomic E-state index is 13.3. The standard InChI is InChI=1S/C25H21NO7/c1-14(2)33-17-8-5-15(6-9-17)22-21(23(27)19-4-3-11-30-19)24(28)25(29)26(22)16-7-10-18-20(12-16)32-13-31-18/h3-12,14,22,28H,13H2,1-2H3.